The van der Waals surface area contributed by atoms with Crippen LogP contribution in [0.2, 0.25) is 0 Å². The van der Waals surface area contributed by atoms with Crippen LogP contribution in [0, 0.1) is 0 Å². The molecule has 1 amide bonds. The van der Waals surface area contributed by atoms with E-state index in [2.05, 4.69) is 6.92 Å². The number of rotatable bonds is 4. The van der Waals surface area contributed by atoms with Gasteiger partial charge >= 0.3 is 0 Å². The van der Waals surface area contributed by atoms with Gasteiger partial charge in [-0.15, -0.1) is 0 Å². The fraction of sp³-hybridized carbons (Fsp3) is 0.769. The van der Waals surface area contributed by atoms with Crippen LogP contribution in [0.15, 0.2) is 11.1 Å². The molecule has 0 aromatic rings. The van der Waals surface area contributed by atoms with Crippen molar-refractivity contribution in [1.82, 2.24) is 4.90 Å². The Morgan fingerprint density at radius 1 is 1.38 bits per heavy atom. The lowest BCUT2D eigenvalue weighted by molar-refractivity contribution is -0.133. The Kier molecular flexibility index (Phi) is 3.64. The minimum absolute atomic E-state index is 0.0608. The summed E-state index contributed by atoms with van der Waals surface area (Å²) in [5.41, 5.74) is 2.31. The van der Waals surface area contributed by atoms with Gasteiger partial charge in [0.1, 0.15) is 0 Å². The Morgan fingerprint density at radius 2 is 2.12 bits per heavy atom. The Hall–Kier alpha value is -0.830. The highest BCUT2D eigenvalue weighted by atomic mass is 16.5. The number of hydrogen-bond acceptors (Lipinski definition) is 2. The molecule has 90 valence electrons. The molecular formula is C13H21NO2. The van der Waals surface area contributed by atoms with Gasteiger partial charge in [-0.25, -0.2) is 0 Å². The van der Waals surface area contributed by atoms with Crippen LogP contribution >= 0.6 is 0 Å². The van der Waals surface area contributed by atoms with Crippen LogP contribution in [0.5, 0.6) is 0 Å². The first-order valence-electron chi connectivity index (χ1n) is 6.35. The zero-order chi connectivity index (χ0) is 11.5. The molecule has 0 aromatic carbocycles. The first kappa shape index (κ1) is 11.6. The van der Waals surface area contributed by atoms with Gasteiger partial charge in [0.15, 0.2) is 6.23 Å². The lowest BCUT2D eigenvalue weighted by atomic mass is 9.93. The second kappa shape index (κ2) is 5.00. The molecule has 0 N–H and O–H groups in total. The van der Waals surface area contributed by atoms with Crippen molar-refractivity contribution in [2.24, 2.45) is 0 Å². The Labute approximate surface area is 97.5 Å². The van der Waals surface area contributed by atoms with Crippen LogP contribution in [0.1, 0.15) is 45.4 Å². The van der Waals surface area contributed by atoms with Gasteiger partial charge in [0.2, 0.25) is 0 Å². The van der Waals surface area contributed by atoms with Crippen LogP contribution in [0.25, 0.3) is 0 Å². The highest BCUT2D eigenvalue weighted by molar-refractivity contribution is 5.97. The SMILES string of the molecule is CCCCN1C(=O)C2=C(CCCC2)[C@@H]1OC. The molecule has 0 aromatic heterocycles. The summed E-state index contributed by atoms with van der Waals surface area (Å²) in [5.74, 6) is 0.231. The van der Waals surface area contributed by atoms with Gasteiger partial charge in [0, 0.05) is 19.2 Å². The van der Waals surface area contributed by atoms with Gasteiger partial charge in [-0.05, 0) is 37.7 Å². The minimum Gasteiger partial charge on any atom is -0.357 e. The first-order chi connectivity index (χ1) is 7.79. The highest BCUT2D eigenvalue weighted by Gasteiger charge is 2.39. The van der Waals surface area contributed by atoms with E-state index >= 15 is 0 Å². The van der Waals surface area contributed by atoms with Crippen LogP contribution in [0.4, 0.5) is 0 Å². The summed E-state index contributed by atoms with van der Waals surface area (Å²) >= 11 is 0. The molecule has 0 fully saturated rings. The lowest BCUT2D eigenvalue weighted by Gasteiger charge is -2.25. The topological polar surface area (TPSA) is 29.5 Å². The van der Waals surface area contributed by atoms with E-state index in [1.165, 1.54) is 12.0 Å². The van der Waals surface area contributed by atoms with Crippen molar-refractivity contribution in [1.29, 1.82) is 0 Å². The van der Waals surface area contributed by atoms with E-state index in [-0.39, 0.29) is 12.1 Å². The second-order valence-corrected chi connectivity index (χ2v) is 4.65. The zero-order valence-corrected chi connectivity index (χ0v) is 10.3. The number of unbranched alkanes of at least 4 members (excludes halogenated alkanes) is 1. The predicted octanol–water partition coefficient (Wildman–Crippen LogP) is 2.47. The van der Waals surface area contributed by atoms with E-state index in [1.807, 2.05) is 4.90 Å². The maximum absolute atomic E-state index is 12.2. The van der Waals surface area contributed by atoms with Gasteiger partial charge in [-0.2, -0.15) is 0 Å². The average Bonchev–Trinajstić information content (AvgIpc) is 2.60. The summed E-state index contributed by atoms with van der Waals surface area (Å²) in [4.78, 5) is 14.1. The van der Waals surface area contributed by atoms with Gasteiger partial charge in [0.25, 0.3) is 5.91 Å². The summed E-state index contributed by atoms with van der Waals surface area (Å²) in [6.45, 7) is 2.98. The summed E-state index contributed by atoms with van der Waals surface area (Å²) in [6, 6.07) is 0. The van der Waals surface area contributed by atoms with E-state index < -0.39 is 0 Å². The number of methoxy groups -OCH3 is 1. The van der Waals surface area contributed by atoms with Crippen molar-refractivity contribution >= 4 is 5.91 Å². The van der Waals surface area contributed by atoms with Crippen molar-refractivity contribution in [2.75, 3.05) is 13.7 Å². The summed E-state index contributed by atoms with van der Waals surface area (Å²) in [7, 11) is 1.71. The normalized spacial score (nSPS) is 25.2. The van der Waals surface area contributed by atoms with E-state index in [4.69, 9.17) is 4.74 Å². The van der Waals surface area contributed by atoms with Crippen LogP contribution in [-0.2, 0) is 9.53 Å². The van der Waals surface area contributed by atoms with Gasteiger partial charge < -0.3 is 9.64 Å². The molecule has 16 heavy (non-hydrogen) atoms. The predicted molar refractivity (Wildman–Crippen MR) is 62.9 cm³/mol. The Balaban J connectivity index is 2.15. The van der Waals surface area contributed by atoms with Gasteiger partial charge in [0.05, 0.1) is 0 Å². The third-order valence-corrected chi connectivity index (χ3v) is 3.59. The molecule has 0 spiro atoms. The molecule has 2 rings (SSSR count). The molecule has 3 heteroatoms. The maximum Gasteiger partial charge on any atom is 0.252 e. The molecule has 0 saturated carbocycles. The number of carbonyl (C=O) groups is 1. The second-order valence-electron chi connectivity index (χ2n) is 4.65. The number of nitrogens with zero attached hydrogens (tertiary/aromatic N) is 1. The third-order valence-electron chi connectivity index (χ3n) is 3.59. The lowest BCUT2D eigenvalue weighted by Crippen LogP contribution is -2.37. The quantitative estimate of drug-likeness (QED) is 0.732. The Bertz CT molecular complexity index is 309. The molecule has 0 unspecified atom stereocenters. The standard InChI is InChI=1S/C13H21NO2/c1-3-4-9-14-12(15)10-7-5-6-8-11(10)13(14)16-2/h13H,3-9H2,1-2H3/t13-/m0/s1. The van der Waals surface area contributed by atoms with E-state index in [0.29, 0.717) is 0 Å². The molecule has 2 aliphatic rings. The van der Waals surface area contributed by atoms with Gasteiger partial charge in [-0.3, -0.25) is 4.79 Å². The van der Waals surface area contributed by atoms with Crippen molar-refractivity contribution in [3.63, 3.8) is 0 Å². The molecule has 3 nitrogen and oxygen atoms in total. The maximum atomic E-state index is 12.2. The molecule has 1 heterocycles. The molecule has 1 aliphatic carbocycles. The fourth-order valence-electron chi connectivity index (χ4n) is 2.73. The number of carbonyl (C=O) groups excluding carboxylic acids is 1. The number of ether oxygens (including phenoxy) is 1. The summed E-state index contributed by atoms with van der Waals surface area (Å²) in [5, 5.41) is 0. The smallest absolute Gasteiger partial charge is 0.252 e. The third kappa shape index (κ3) is 1.88. The van der Waals surface area contributed by atoms with Gasteiger partial charge in [-0.1, -0.05) is 13.3 Å². The van der Waals surface area contributed by atoms with Crippen molar-refractivity contribution < 1.29 is 9.53 Å². The summed E-state index contributed by atoms with van der Waals surface area (Å²) < 4.78 is 5.51. The fourth-order valence-corrected chi connectivity index (χ4v) is 2.73. The van der Waals surface area contributed by atoms with E-state index in [9.17, 15) is 4.79 Å². The van der Waals surface area contributed by atoms with Crippen molar-refractivity contribution in [2.45, 2.75) is 51.7 Å². The zero-order valence-electron chi connectivity index (χ0n) is 10.3. The highest BCUT2D eigenvalue weighted by Crippen LogP contribution is 2.36. The molecule has 0 saturated heterocycles. The number of amides is 1. The van der Waals surface area contributed by atoms with Crippen molar-refractivity contribution in [3.8, 4) is 0 Å². The van der Waals surface area contributed by atoms with E-state index in [1.54, 1.807) is 7.11 Å². The molecular weight excluding hydrogens is 202 g/mol. The summed E-state index contributed by atoms with van der Waals surface area (Å²) in [6.07, 6.45) is 6.47. The largest absolute Gasteiger partial charge is 0.357 e. The average molecular weight is 223 g/mol. The molecule has 0 radical (unpaired) electrons. The molecule has 0 bridgehead atoms. The molecule has 1 atom stereocenters. The monoisotopic (exact) mass is 223 g/mol. The minimum atomic E-state index is -0.0608. The van der Waals surface area contributed by atoms with Crippen LogP contribution < -0.4 is 0 Å². The molecule has 1 aliphatic heterocycles. The Morgan fingerprint density at radius 3 is 2.81 bits per heavy atom. The first-order valence-corrected chi connectivity index (χ1v) is 6.35. The van der Waals surface area contributed by atoms with E-state index in [0.717, 1.165) is 44.2 Å². The van der Waals surface area contributed by atoms with Crippen LogP contribution in [-0.4, -0.2) is 30.7 Å². The number of hydrogen-bond donors (Lipinski definition) is 0. The van der Waals surface area contributed by atoms with Crippen molar-refractivity contribution in [3.05, 3.63) is 11.1 Å². The van der Waals surface area contributed by atoms with Crippen LogP contribution in [0.3, 0.4) is 0 Å².